The van der Waals surface area contributed by atoms with Crippen molar-refractivity contribution in [2.45, 2.75) is 77.5 Å². The van der Waals surface area contributed by atoms with E-state index in [2.05, 4.69) is 10.3 Å². The molecule has 3 N–H and O–H groups in total. The highest BCUT2D eigenvalue weighted by Crippen LogP contribution is 2.28. The summed E-state index contributed by atoms with van der Waals surface area (Å²) in [6.45, 7) is 5.43. The highest BCUT2D eigenvalue weighted by Gasteiger charge is 2.25. The standard InChI is InChI=1S/C18H29N3O3S/c1-11(2)14(19)9-16(24-12(3)22)18-21-15(10-25-18)17(23)20-13-7-5-4-6-8-13/h10-11,13-14,16H,4-9,19H2,1-3H3,(H,20,23). The van der Waals surface area contributed by atoms with Gasteiger partial charge in [0.2, 0.25) is 0 Å². The minimum Gasteiger partial charge on any atom is -0.455 e. The fraction of sp³-hybridized carbons (Fsp3) is 0.722. The number of ether oxygens (including phenoxy) is 1. The molecule has 1 amide bonds. The molecule has 1 aromatic rings. The molecule has 0 aliphatic heterocycles. The van der Waals surface area contributed by atoms with E-state index < -0.39 is 6.10 Å². The molecule has 1 saturated carbocycles. The highest BCUT2D eigenvalue weighted by molar-refractivity contribution is 7.09. The van der Waals surface area contributed by atoms with Gasteiger partial charge in [0.25, 0.3) is 5.91 Å². The van der Waals surface area contributed by atoms with Crippen molar-refractivity contribution in [3.63, 3.8) is 0 Å². The van der Waals surface area contributed by atoms with Crippen LogP contribution in [-0.4, -0.2) is 28.9 Å². The number of nitrogens with zero attached hydrogens (tertiary/aromatic N) is 1. The van der Waals surface area contributed by atoms with Crippen molar-refractivity contribution in [2.75, 3.05) is 0 Å². The summed E-state index contributed by atoms with van der Waals surface area (Å²) in [6.07, 6.45) is 5.62. The predicted molar refractivity (Wildman–Crippen MR) is 98.4 cm³/mol. The molecule has 1 aliphatic carbocycles. The zero-order chi connectivity index (χ0) is 18.4. The molecule has 1 fully saturated rings. The Bertz CT molecular complexity index is 582. The van der Waals surface area contributed by atoms with Crippen LogP contribution in [-0.2, 0) is 9.53 Å². The summed E-state index contributed by atoms with van der Waals surface area (Å²) in [5, 5.41) is 5.41. The van der Waals surface area contributed by atoms with Crippen molar-refractivity contribution in [1.29, 1.82) is 0 Å². The van der Waals surface area contributed by atoms with E-state index in [1.54, 1.807) is 5.38 Å². The zero-order valence-electron chi connectivity index (χ0n) is 15.3. The Morgan fingerprint density at radius 2 is 2.04 bits per heavy atom. The first-order chi connectivity index (χ1) is 11.9. The monoisotopic (exact) mass is 367 g/mol. The molecular formula is C18H29N3O3S. The van der Waals surface area contributed by atoms with Gasteiger partial charge in [-0.3, -0.25) is 9.59 Å². The average molecular weight is 368 g/mol. The molecule has 140 valence electrons. The summed E-state index contributed by atoms with van der Waals surface area (Å²) in [7, 11) is 0. The Balaban J connectivity index is 2.04. The molecule has 0 aromatic carbocycles. The van der Waals surface area contributed by atoms with Crippen molar-refractivity contribution in [2.24, 2.45) is 11.7 Å². The molecule has 2 rings (SSSR count). The van der Waals surface area contributed by atoms with Gasteiger partial charge in [-0.2, -0.15) is 0 Å². The van der Waals surface area contributed by atoms with E-state index in [0.717, 1.165) is 25.7 Å². The maximum absolute atomic E-state index is 12.4. The minimum atomic E-state index is -0.504. The van der Waals surface area contributed by atoms with E-state index in [-0.39, 0.29) is 29.9 Å². The average Bonchev–Trinajstić information content (AvgIpc) is 3.04. The molecule has 1 aliphatic rings. The summed E-state index contributed by atoms with van der Waals surface area (Å²) < 4.78 is 5.40. The number of thiazole rings is 1. The number of carbonyl (C=O) groups is 2. The number of nitrogens with two attached hydrogens (primary N) is 1. The third-order valence-corrected chi connectivity index (χ3v) is 5.56. The molecule has 1 heterocycles. The Hall–Kier alpha value is -1.47. The molecule has 0 saturated heterocycles. The van der Waals surface area contributed by atoms with Crippen LogP contribution in [0.5, 0.6) is 0 Å². The summed E-state index contributed by atoms with van der Waals surface area (Å²) in [6, 6.07) is 0.137. The van der Waals surface area contributed by atoms with Crippen LogP contribution in [0.3, 0.4) is 0 Å². The van der Waals surface area contributed by atoms with Crippen LogP contribution in [0, 0.1) is 5.92 Å². The van der Waals surface area contributed by atoms with Gasteiger partial charge in [-0.1, -0.05) is 33.1 Å². The molecular weight excluding hydrogens is 338 g/mol. The quantitative estimate of drug-likeness (QED) is 0.722. The Morgan fingerprint density at radius 3 is 2.64 bits per heavy atom. The molecule has 0 bridgehead atoms. The topological polar surface area (TPSA) is 94.3 Å². The van der Waals surface area contributed by atoms with Crippen molar-refractivity contribution < 1.29 is 14.3 Å². The Labute approximate surface area is 153 Å². The van der Waals surface area contributed by atoms with Crippen LogP contribution in [0.1, 0.15) is 80.9 Å². The first-order valence-corrected chi connectivity index (χ1v) is 9.94. The third-order valence-electron chi connectivity index (χ3n) is 4.62. The lowest BCUT2D eigenvalue weighted by Crippen LogP contribution is -2.36. The van der Waals surface area contributed by atoms with Gasteiger partial charge < -0.3 is 15.8 Å². The van der Waals surface area contributed by atoms with Gasteiger partial charge >= 0.3 is 5.97 Å². The second kappa shape index (κ2) is 9.29. The molecule has 0 radical (unpaired) electrons. The number of amides is 1. The van der Waals surface area contributed by atoms with Crippen LogP contribution in [0.25, 0.3) is 0 Å². The Morgan fingerprint density at radius 1 is 1.36 bits per heavy atom. The van der Waals surface area contributed by atoms with Crippen molar-refractivity contribution >= 4 is 23.2 Å². The van der Waals surface area contributed by atoms with Crippen molar-refractivity contribution in [3.8, 4) is 0 Å². The molecule has 25 heavy (non-hydrogen) atoms. The number of carbonyl (C=O) groups excluding carboxylic acids is 2. The molecule has 6 nitrogen and oxygen atoms in total. The molecule has 2 unspecified atom stereocenters. The van der Waals surface area contributed by atoms with E-state index in [0.29, 0.717) is 17.1 Å². The molecule has 2 atom stereocenters. The van der Waals surface area contributed by atoms with E-state index >= 15 is 0 Å². The van der Waals surface area contributed by atoms with Gasteiger partial charge in [0.1, 0.15) is 10.7 Å². The first-order valence-electron chi connectivity index (χ1n) is 9.06. The van der Waals surface area contributed by atoms with Crippen LogP contribution in [0.4, 0.5) is 0 Å². The van der Waals surface area contributed by atoms with Gasteiger partial charge in [0.05, 0.1) is 0 Å². The number of hydrogen-bond acceptors (Lipinski definition) is 6. The SMILES string of the molecule is CC(=O)OC(CC(N)C(C)C)c1nc(C(=O)NC2CCCCC2)cs1. The lowest BCUT2D eigenvalue weighted by molar-refractivity contribution is -0.147. The van der Waals surface area contributed by atoms with E-state index in [1.807, 2.05) is 13.8 Å². The van der Waals surface area contributed by atoms with Gasteiger partial charge in [0, 0.05) is 30.8 Å². The van der Waals surface area contributed by atoms with Gasteiger partial charge in [-0.05, 0) is 18.8 Å². The van der Waals surface area contributed by atoms with Crippen LogP contribution in [0.15, 0.2) is 5.38 Å². The Kier molecular flexibility index (Phi) is 7.38. The summed E-state index contributed by atoms with van der Waals surface area (Å²) in [4.78, 5) is 28.2. The normalized spacial score (nSPS) is 18.0. The van der Waals surface area contributed by atoms with Crippen molar-refractivity contribution in [1.82, 2.24) is 10.3 Å². The number of rotatable bonds is 7. The lowest BCUT2D eigenvalue weighted by Gasteiger charge is -2.22. The minimum absolute atomic E-state index is 0.104. The third kappa shape index (κ3) is 6.08. The number of hydrogen-bond donors (Lipinski definition) is 2. The van der Waals surface area contributed by atoms with Gasteiger partial charge in [-0.25, -0.2) is 4.98 Å². The zero-order valence-corrected chi connectivity index (χ0v) is 16.1. The maximum Gasteiger partial charge on any atom is 0.303 e. The van der Waals surface area contributed by atoms with E-state index in [1.165, 1.54) is 24.7 Å². The van der Waals surface area contributed by atoms with E-state index in [9.17, 15) is 9.59 Å². The highest BCUT2D eigenvalue weighted by atomic mass is 32.1. The van der Waals surface area contributed by atoms with Crippen LogP contribution in [0.2, 0.25) is 0 Å². The van der Waals surface area contributed by atoms with Crippen LogP contribution < -0.4 is 11.1 Å². The summed E-state index contributed by atoms with van der Waals surface area (Å²) >= 11 is 1.34. The summed E-state index contributed by atoms with van der Waals surface area (Å²) in [5.41, 5.74) is 6.52. The fourth-order valence-corrected chi connectivity index (χ4v) is 3.80. The maximum atomic E-state index is 12.4. The van der Waals surface area contributed by atoms with Gasteiger partial charge in [-0.15, -0.1) is 11.3 Å². The fourth-order valence-electron chi connectivity index (χ4n) is 2.97. The first kappa shape index (κ1) is 19.8. The second-order valence-electron chi connectivity index (χ2n) is 7.12. The van der Waals surface area contributed by atoms with Crippen molar-refractivity contribution in [3.05, 3.63) is 16.1 Å². The molecule has 7 heteroatoms. The largest absolute Gasteiger partial charge is 0.455 e. The number of nitrogens with one attached hydrogen (secondary N) is 1. The number of esters is 1. The second-order valence-corrected chi connectivity index (χ2v) is 8.01. The van der Waals surface area contributed by atoms with E-state index in [4.69, 9.17) is 10.5 Å². The van der Waals surface area contributed by atoms with Crippen LogP contribution >= 0.6 is 11.3 Å². The lowest BCUT2D eigenvalue weighted by atomic mass is 9.95. The predicted octanol–water partition coefficient (Wildman–Crippen LogP) is 3.18. The molecule has 1 aromatic heterocycles. The summed E-state index contributed by atoms with van der Waals surface area (Å²) in [5.74, 6) is -0.249. The molecule has 0 spiro atoms. The van der Waals surface area contributed by atoms with Gasteiger partial charge in [0.15, 0.2) is 6.10 Å². The number of aromatic nitrogens is 1. The smallest absolute Gasteiger partial charge is 0.303 e.